The molecule has 0 spiro atoms. The molecule has 8 rings (SSSR count). The molecule has 0 unspecified atom stereocenters. The summed E-state index contributed by atoms with van der Waals surface area (Å²) in [5, 5.41) is 4.94. The van der Waals surface area contributed by atoms with Crippen LogP contribution in [0.5, 0.6) is 0 Å². The number of nitrogens with zero attached hydrogens (tertiary/aromatic N) is 2. The van der Waals surface area contributed by atoms with E-state index in [1.165, 1.54) is 41.1 Å². The van der Waals surface area contributed by atoms with Gasteiger partial charge in [0.15, 0.2) is 0 Å². The third-order valence-corrected chi connectivity index (χ3v) is 9.88. The summed E-state index contributed by atoms with van der Waals surface area (Å²) in [6.45, 7) is 0. The van der Waals surface area contributed by atoms with Crippen molar-refractivity contribution >= 4 is 64.7 Å². The summed E-state index contributed by atoms with van der Waals surface area (Å²) >= 11 is 3.68. The van der Waals surface area contributed by atoms with Crippen LogP contribution < -0.4 is 0 Å². The van der Waals surface area contributed by atoms with Crippen LogP contribution in [0.4, 0.5) is 0 Å². The average molecular weight is 535 g/mol. The van der Waals surface area contributed by atoms with Crippen LogP contribution in [0.25, 0.3) is 63.1 Å². The van der Waals surface area contributed by atoms with Gasteiger partial charge in [0, 0.05) is 26.6 Å². The molecular weight excluding hydrogens is 513 g/mol. The smallest absolute Gasteiger partial charge is 0.0812 e. The van der Waals surface area contributed by atoms with E-state index in [1.54, 1.807) is 0 Å². The predicted molar refractivity (Wildman–Crippen MR) is 168 cm³/mol. The van der Waals surface area contributed by atoms with E-state index in [1.807, 2.05) is 22.7 Å². The van der Waals surface area contributed by atoms with Crippen molar-refractivity contribution in [2.24, 2.45) is 0 Å². The van der Waals surface area contributed by atoms with Crippen LogP contribution in [0.2, 0.25) is 0 Å². The lowest BCUT2D eigenvalue weighted by atomic mass is 9.97. The van der Waals surface area contributed by atoms with Gasteiger partial charge in [0.1, 0.15) is 0 Å². The number of para-hydroxylation sites is 2. The predicted octanol–water partition coefficient (Wildman–Crippen LogP) is 10.1. The van der Waals surface area contributed by atoms with Gasteiger partial charge in [-0.15, -0.1) is 22.7 Å². The van der Waals surface area contributed by atoms with Gasteiger partial charge in [0.05, 0.1) is 32.2 Å². The summed E-state index contributed by atoms with van der Waals surface area (Å²) in [5.41, 5.74) is 6.80. The molecule has 4 aromatic heterocycles. The summed E-state index contributed by atoms with van der Waals surface area (Å²) in [6, 6.07) is 43.0. The van der Waals surface area contributed by atoms with Crippen LogP contribution in [0.3, 0.4) is 0 Å². The third-order valence-electron chi connectivity index (χ3n) is 7.41. The Morgan fingerprint density at radius 2 is 0.872 bits per heavy atom. The standard InChI is InChI=1S/C35H22N2S2/c1-5-13-28-22(9-1)17-19-30(36-28)34-26(24-11-3-7-15-32(24)38-34)21-27-25-12-4-8-16-33(25)39-35(27)31-20-18-23-10-2-6-14-29(23)37-31/h1-20H,21H2. The minimum Gasteiger partial charge on any atom is -0.247 e. The molecule has 0 saturated heterocycles. The first kappa shape index (κ1) is 22.6. The molecule has 0 saturated carbocycles. The summed E-state index contributed by atoms with van der Waals surface area (Å²) < 4.78 is 2.59. The van der Waals surface area contributed by atoms with Crippen molar-refractivity contribution in [1.29, 1.82) is 0 Å². The second-order valence-corrected chi connectivity index (χ2v) is 11.9. The molecule has 39 heavy (non-hydrogen) atoms. The van der Waals surface area contributed by atoms with Gasteiger partial charge >= 0.3 is 0 Å². The highest BCUT2D eigenvalue weighted by molar-refractivity contribution is 7.23. The third kappa shape index (κ3) is 3.84. The summed E-state index contributed by atoms with van der Waals surface area (Å²) in [7, 11) is 0. The molecular formula is C35H22N2S2. The van der Waals surface area contributed by atoms with Crippen molar-refractivity contribution in [2.45, 2.75) is 6.42 Å². The fraction of sp³-hybridized carbons (Fsp3) is 0.0286. The number of hydrogen-bond donors (Lipinski definition) is 0. The van der Waals surface area contributed by atoms with E-state index >= 15 is 0 Å². The van der Waals surface area contributed by atoms with Crippen LogP contribution in [-0.4, -0.2) is 9.97 Å². The van der Waals surface area contributed by atoms with Crippen molar-refractivity contribution in [2.75, 3.05) is 0 Å². The highest BCUT2D eigenvalue weighted by Gasteiger charge is 2.21. The van der Waals surface area contributed by atoms with E-state index in [4.69, 9.17) is 9.97 Å². The lowest BCUT2D eigenvalue weighted by Gasteiger charge is -2.09. The molecule has 0 atom stereocenters. The topological polar surface area (TPSA) is 25.8 Å². The molecule has 8 aromatic rings. The van der Waals surface area contributed by atoms with Gasteiger partial charge in [-0.1, -0.05) is 84.9 Å². The van der Waals surface area contributed by atoms with Gasteiger partial charge in [0.2, 0.25) is 0 Å². The zero-order valence-corrected chi connectivity index (χ0v) is 22.6. The van der Waals surface area contributed by atoms with Crippen LogP contribution >= 0.6 is 22.7 Å². The first-order valence-corrected chi connectivity index (χ1v) is 14.7. The molecule has 0 fully saturated rings. The van der Waals surface area contributed by atoms with E-state index in [0.717, 1.165) is 39.6 Å². The second kappa shape index (κ2) is 9.12. The normalized spacial score (nSPS) is 11.7. The van der Waals surface area contributed by atoms with Gasteiger partial charge in [0.25, 0.3) is 0 Å². The monoisotopic (exact) mass is 534 g/mol. The van der Waals surface area contributed by atoms with Crippen molar-refractivity contribution in [3.63, 3.8) is 0 Å². The zero-order valence-electron chi connectivity index (χ0n) is 21.0. The molecule has 0 aliphatic rings. The molecule has 0 bridgehead atoms. The number of benzene rings is 4. The minimum absolute atomic E-state index is 0.821. The van der Waals surface area contributed by atoms with E-state index < -0.39 is 0 Å². The van der Waals surface area contributed by atoms with E-state index in [9.17, 15) is 0 Å². The van der Waals surface area contributed by atoms with Gasteiger partial charge in [-0.3, -0.25) is 0 Å². The SMILES string of the molecule is c1ccc2nc(-c3sc4ccccc4c3Cc3c(-c4ccc5ccccc5n4)sc4ccccc34)ccc2c1. The molecule has 0 aliphatic carbocycles. The number of rotatable bonds is 4. The van der Waals surface area contributed by atoms with Gasteiger partial charge in [-0.25, -0.2) is 9.97 Å². The Bertz CT molecular complexity index is 2010. The van der Waals surface area contributed by atoms with Crippen molar-refractivity contribution < 1.29 is 0 Å². The zero-order chi connectivity index (χ0) is 25.8. The highest BCUT2D eigenvalue weighted by atomic mass is 32.1. The lowest BCUT2D eigenvalue weighted by Crippen LogP contribution is -1.94. The van der Waals surface area contributed by atoms with Crippen molar-refractivity contribution in [3.05, 3.63) is 132 Å². The molecule has 4 aromatic carbocycles. The van der Waals surface area contributed by atoms with Crippen LogP contribution in [0.15, 0.2) is 121 Å². The highest BCUT2D eigenvalue weighted by Crippen LogP contribution is 2.44. The number of thiophene rings is 2. The fourth-order valence-electron chi connectivity index (χ4n) is 5.52. The van der Waals surface area contributed by atoms with Gasteiger partial charge in [-0.05, 0) is 58.3 Å². The maximum Gasteiger partial charge on any atom is 0.0812 e. The number of aromatic nitrogens is 2. The lowest BCUT2D eigenvalue weighted by molar-refractivity contribution is 1.25. The number of hydrogen-bond acceptors (Lipinski definition) is 4. The summed E-state index contributed by atoms with van der Waals surface area (Å²) in [4.78, 5) is 12.7. The fourth-order valence-corrected chi connectivity index (χ4v) is 7.91. The molecule has 2 nitrogen and oxygen atoms in total. The van der Waals surface area contributed by atoms with Crippen molar-refractivity contribution in [3.8, 4) is 21.1 Å². The second-order valence-electron chi connectivity index (χ2n) is 9.77. The molecule has 0 N–H and O–H groups in total. The summed E-state index contributed by atoms with van der Waals surface area (Å²) in [6.07, 6.45) is 0.821. The van der Waals surface area contributed by atoms with E-state index in [2.05, 4.69) is 121 Å². The van der Waals surface area contributed by atoms with Crippen LogP contribution in [0, 0.1) is 0 Å². The largest absolute Gasteiger partial charge is 0.247 e. The molecule has 0 radical (unpaired) electrons. The molecule has 4 heteroatoms. The Labute approximate surface area is 233 Å². The first-order chi connectivity index (χ1) is 19.3. The van der Waals surface area contributed by atoms with Crippen molar-refractivity contribution in [1.82, 2.24) is 9.97 Å². The van der Waals surface area contributed by atoms with Crippen LogP contribution in [-0.2, 0) is 6.42 Å². The minimum atomic E-state index is 0.821. The number of fused-ring (bicyclic) bond motifs is 4. The van der Waals surface area contributed by atoms with E-state index in [-0.39, 0.29) is 0 Å². The Kier molecular flexibility index (Phi) is 5.28. The molecule has 4 heterocycles. The van der Waals surface area contributed by atoms with Crippen LogP contribution in [0.1, 0.15) is 11.1 Å². The van der Waals surface area contributed by atoms with Gasteiger partial charge in [-0.2, -0.15) is 0 Å². The Morgan fingerprint density at radius 3 is 1.38 bits per heavy atom. The van der Waals surface area contributed by atoms with E-state index in [0.29, 0.717) is 0 Å². The Balaban J connectivity index is 1.35. The first-order valence-electron chi connectivity index (χ1n) is 13.0. The summed E-state index contributed by atoms with van der Waals surface area (Å²) in [5.74, 6) is 0. The number of pyridine rings is 2. The quantitative estimate of drug-likeness (QED) is 0.224. The maximum absolute atomic E-state index is 5.11. The molecule has 184 valence electrons. The Morgan fingerprint density at radius 1 is 0.436 bits per heavy atom. The average Bonchev–Trinajstić information content (AvgIpc) is 3.55. The molecule has 0 aliphatic heterocycles. The Hall–Kier alpha value is -4.38. The maximum atomic E-state index is 5.11. The molecule has 0 amide bonds. The van der Waals surface area contributed by atoms with Gasteiger partial charge < -0.3 is 0 Å².